The molecule has 2 rings (SSSR count). The van der Waals surface area contributed by atoms with E-state index in [9.17, 15) is 10.2 Å². The zero-order valence-electron chi connectivity index (χ0n) is 10.3. The summed E-state index contributed by atoms with van der Waals surface area (Å²) in [4.78, 5) is 0. The van der Waals surface area contributed by atoms with Gasteiger partial charge in [-0.3, -0.25) is 0 Å². The molecule has 3 heteroatoms. The highest BCUT2D eigenvalue weighted by atomic mass is 16.5. The minimum absolute atomic E-state index is 0.218. The number of benzene rings is 2. The highest BCUT2D eigenvalue weighted by molar-refractivity contribution is 5.38. The van der Waals surface area contributed by atoms with Crippen LogP contribution in [0.15, 0.2) is 42.5 Å². The summed E-state index contributed by atoms with van der Waals surface area (Å²) >= 11 is 0. The van der Waals surface area contributed by atoms with Gasteiger partial charge in [0.05, 0.1) is 7.11 Å². The molecule has 18 heavy (non-hydrogen) atoms. The number of hydrogen-bond donors (Lipinski definition) is 2. The molecule has 0 saturated carbocycles. The SMILES string of the molecule is COc1cc(O)cc(CCc2ccc(O)cc2)c1. The number of hydrogen-bond acceptors (Lipinski definition) is 3. The number of ether oxygens (including phenoxy) is 1. The molecule has 2 aromatic rings. The van der Waals surface area contributed by atoms with Crippen molar-refractivity contribution in [1.82, 2.24) is 0 Å². The summed E-state index contributed by atoms with van der Waals surface area (Å²) in [5.41, 5.74) is 2.18. The van der Waals surface area contributed by atoms with Crippen molar-refractivity contribution in [3.05, 3.63) is 53.6 Å². The van der Waals surface area contributed by atoms with Gasteiger partial charge in [-0.05, 0) is 48.2 Å². The quantitative estimate of drug-likeness (QED) is 0.869. The molecule has 0 unspecified atom stereocenters. The molecule has 0 fully saturated rings. The van der Waals surface area contributed by atoms with Crippen molar-refractivity contribution < 1.29 is 14.9 Å². The van der Waals surface area contributed by atoms with Crippen LogP contribution < -0.4 is 4.74 Å². The normalized spacial score (nSPS) is 10.3. The Morgan fingerprint density at radius 3 is 2.17 bits per heavy atom. The second-order valence-electron chi connectivity index (χ2n) is 4.21. The molecule has 0 aliphatic rings. The fourth-order valence-corrected chi connectivity index (χ4v) is 1.86. The predicted octanol–water partition coefficient (Wildman–Crippen LogP) is 2.89. The first-order valence-electron chi connectivity index (χ1n) is 5.82. The van der Waals surface area contributed by atoms with Gasteiger partial charge >= 0.3 is 0 Å². The van der Waals surface area contributed by atoms with Crippen LogP contribution in [0.2, 0.25) is 0 Å². The van der Waals surface area contributed by atoms with Gasteiger partial charge in [0.1, 0.15) is 17.2 Å². The Kier molecular flexibility index (Phi) is 3.72. The van der Waals surface area contributed by atoms with Crippen molar-refractivity contribution >= 4 is 0 Å². The van der Waals surface area contributed by atoms with Crippen LogP contribution in [0.4, 0.5) is 0 Å². The van der Waals surface area contributed by atoms with E-state index in [1.807, 2.05) is 18.2 Å². The first kappa shape index (κ1) is 12.3. The van der Waals surface area contributed by atoms with E-state index in [2.05, 4.69) is 0 Å². The Bertz CT molecular complexity index is 518. The van der Waals surface area contributed by atoms with Crippen molar-refractivity contribution in [3.63, 3.8) is 0 Å². The lowest BCUT2D eigenvalue weighted by molar-refractivity contribution is 0.407. The van der Waals surface area contributed by atoms with Gasteiger partial charge in [0, 0.05) is 6.07 Å². The third-order valence-electron chi connectivity index (χ3n) is 2.83. The number of methoxy groups -OCH3 is 1. The third-order valence-corrected chi connectivity index (χ3v) is 2.83. The van der Waals surface area contributed by atoms with E-state index in [1.165, 1.54) is 0 Å². The van der Waals surface area contributed by atoms with Crippen LogP contribution in [0.25, 0.3) is 0 Å². The molecule has 0 aliphatic carbocycles. The van der Waals surface area contributed by atoms with Crippen LogP contribution in [0.1, 0.15) is 11.1 Å². The van der Waals surface area contributed by atoms with Crippen LogP contribution in [0.3, 0.4) is 0 Å². The zero-order chi connectivity index (χ0) is 13.0. The maximum absolute atomic E-state index is 9.55. The molecule has 94 valence electrons. The maximum atomic E-state index is 9.55. The summed E-state index contributed by atoms with van der Waals surface area (Å²) < 4.78 is 5.11. The van der Waals surface area contributed by atoms with Gasteiger partial charge in [-0.1, -0.05) is 12.1 Å². The Morgan fingerprint density at radius 2 is 1.50 bits per heavy atom. The van der Waals surface area contributed by atoms with E-state index < -0.39 is 0 Å². The van der Waals surface area contributed by atoms with E-state index in [1.54, 1.807) is 31.4 Å². The number of rotatable bonds is 4. The maximum Gasteiger partial charge on any atom is 0.122 e. The second-order valence-corrected chi connectivity index (χ2v) is 4.21. The van der Waals surface area contributed by atoms with E-state index in [4.69, 9.17) is 4.74 Å². The topological polar surface area (TPSA) is 49.7 Å². The van der Waals surface area contributed by atoms with Crippen molar-refractivity contribution in [3.8, 4) is 17.2 Å². The lowest BCUT2D eigenvalue weighted by Gasteiger charge is -2.06. The molecule has 0 radical (unpaired) electrons. The van der Waals surface area contributed by atoms with Crippen LogP contribution in [0, 0.1) is 0 Å². The van der Waals surface area contributed by atoms with Crippen molar-refractivity contribution in [2.75, 3.05) is 7.11 Å². The summed E-state index contributed by atoms with van der Waals surface area (Å²) in [7, 11) is 1.58. The molecule has 0 spiro atoms. The van der Waals surface area contributed by atoms with Gasteiger partial charge < -0.3 is 14.9 Å². The fraction of sp³-hybridized carbons (Fsp3) is 0.200. The fourth-order valence-electron chi connectivity index (χ4n) is 1.86. The van der Waals surface area contributed by atoms with Gasteiger partial charge in [0.25, 0.3) is 0 Å². The van der Waals surface area contributed by atoms with E-state index >= 15 is 0 Å². The molecule has 0 bridgehead atoms. The summed E-state index contributed by atoms with van der Waals surface area (Å²) in [6, 6.07) is 12.4. The van der Waals surface area contributed by atoms with E-state index in [0.717, 1.165) is 24.0 Å². The van der Waals surface area contributed by atoms with Gasteiger partial charge in [-0.15, -0.1) is 0 Å². The van der Waals surface area contributed by atoms with Gasteiger partial charge in [-0.2, -0.15) is 0 Å². The van der Waals surface area contributed by atoms with Crippen molar-refractivity contribution in [2.24, 2.45) is 0 Å². The predicted molar refractivity (Wildman–Crippen MR) is 70.2 cm³/mol. The second kappa shape index (κ2) is 5.45. The minimum Gasteiger partial charge on any atom is -0.508 e. The molecule has 0 atom stereocenters. The average Bonchev–Trinajstić information content (AvgIpc) is 2.37. The molecule has 0 amide bonds. The van der Waals surface area contributed by atoms with Crippen molar-refractivity contribution in [1.29, 1.82) is 0 Å². The first-order valence-corrected chi connectivity index (χ1v) is 5.82. The van der Waals surface area contributed by atoms with Gasteiger partial charge in [-0.25, -0.2) is 0 Å². The van der Waals surface area contributed by atoms with E-state index in [-0.39, 0.29) is 11.5 Å². The lowest BCUT2D eigenvalue weighted by atomic mass is 10.0. The molecule has 0 heterocycles. The number of aromatic hydroxyl groups is 2. The Hall–Kier alpha value is -2.16. The monoisotopic (exact) mass is 244 g/mol. The highest BCUT2D eigenvalue weighted by Gasteiger charge is 2.01. The summed E-state index contributed by atoms with van der Waals surface area (Å²) in [6.45, 7) is 0. The van der Waals surface area contributed by atoms with Crippen LogP contribution in [-0.4, -0.2) is 17.3 Å². The molecule has 0 aromatic heterocycles. The number of phenolic OH excluding ortho intramolecular Hbond substituents is 2. The van der Waals surface area contributed by atoms with Crippen LogP contribution >= 0.6 is 0 Å². The van der Waals surface area contributed by atoms with Gasteiger partial charge in [0.15, 0.2) is 0 Å². The number of phenols is 2. The molecular weight excluding hydrogens is 228 g/mol. The number of aryl methyl sites for hydroxylation is 2. The highest BCUT2D eigenvalue weighted by Crippen LogP contribution is 2.22. The molecular formula is C15H16O3. The molecule has 3 nitrogen and oxygen atoms in total. The van der Waals surface area contributed by atoms with E-state index in [0.29, 0.717) is 5.75 Å². The molecule has 2 aromatic carbocycles. The molecule has 0 aliphatic heterocycles. The Labute approximate surface area is 106 Å². The zero-order valence-corrected chi connectivity index (χ0v) is 10.3. The average molecular weight is 244 g/mol. The third kappa shape index (κ3) is 3.17. The standard InChI is InChI=1S/C15H16O3/c1-18-15-9-12(8-14(17)10-15)3-2-11-4-6-13(16)7-5-11/h4-10,16-17H,2-3H2,1H3. The Balaban J connectivity index is 2.05. The van der Waals surface area contributed by atoms with Crippen molar-refractivity contribution in [2.45, 2.75) is 12.8 Å². The van der Waals surface area contributed by atoms with Gasteiger partial charge in [0.2, 0.25) is 0 Å². The van der Waals surface area contributed by atoms with Crippen LogP contribution in [-0.2, 0) is 12.8 Å². The summed E-state index contributed by atoms with van der Waals surface area (Å²) in [5.74, 6) is 1.16. The largest absolute Gasteiger partial charge is 0.508 e. The Morgan fingerprint density at radius 1 is 0.833 bits per heavy atom. The lowest BCUT2D eigenvalue weighted by Crippen LogP contribution is -1.92. The van der Waals surface area contributed by atoms with Crippen LogP contribution in [0.5, 0.6) is 17.2 Å². The summed E-state index contributed by atoms with van der Waals surface area (Å²) in [5, 5.41) is 18.7. The smallest absolute Gasteiger partial charge is 0.122 e. The minimum atomic E-state index is 0.218. The first-order chi connectivity index (χ1) is 8.67. The summed E-state index contributed by atoms with van der Waals surface area (Å²) in [6.07, 6.45) is 1.67. The molecule has 0 saturated heterocycles. The molecule has 2 N–H and O–H groups in total.